The molecule has 4 aliphatic carbocycles. The topological polar surface area (TPSA) is 52.6 Å². The van der Waals surface area contributed by atoms with Crippen molar-refractivity contribution in [3.05, 3.63) is 11.6 Å². The van der Waals surface area contributed by atoms with Crippen molar-refractivity contribution in [1.29, 1.82) is 0 Å². The number of fused-ring (bicyclic) bond motifs is 5. The van der Waals surface area contributed by atoms with Gasteiger partial charge in [-0.2, -0.15) is 26.3 Å². The molecule has 0 spiro atoms. The summed E-state index contributed by atoms with van der Waals surface area (Å²) in [4.78, 5) is 22.7. The van der Waals surface area contributed by atoms with Crippen molar-refractivity contribution in [2.24, 2.45) is 34.5 Å². The van der Waals surface area contributed by atoms with Gasteiger partial charge in [0.15, 0.2) is 0 Å². The van der Waals surface area contributed by atoms with Crippen LogP contribution in [0.5, 0.6) is 0 Å². The molecule has 3 saturated carbocycles. The fourth-order valence-corrected chi connectivity index (χ4v) is 8.08. The van der Waals surface area contributed by atoms with Gasteiger partial charge in [0.1, 0.15) is 12.2 Å². The second kappa shape index (κ2) is 8.68. The average Bonchev–Trinajstić information content (AvgIpc) is 3.10. The first-order valence-corrected chi connectivity index (χ1v) is 12.3. The molecule has 3 fully saturated rings. The van der Waals surface area contributed by atoms with E-state index in [4.69, 9.17) is 9.47 Å². The van der Waals surface area contributed by atoms with E-state index in [1.165, 1.54) is 0 Å². The molecule has 10 heteroatoms. The lowest BCUT2D eigenvalue weighted by Gasteiger charge is -2.58. The Bertz CT molecular complexity index is 895. The van der Waals surface area contributed by atoms with E-state index in [2.05, 4.69) is 19.9 Å². The lowest BCUT2D eigenvalue weighted by molar-refractivity contribution is -0.209. The summed E-state index contributed by atoms with van der Waals surface area (Å²) in [5, 5.41) is 0. The molecule has 0 bridgehead atoms. The van der Waals surface area contributed by atoms with E-state index >= 15 is 0 Å². The van der Waals surface area contributed by atoms with Gasteiger partial charge in [0.2, 0.25) is 0 Å². The first kappa shape index (κ1) is 26.3. The zero-order chi connectivity index (χ0) is 26.0. The molecule has 0 amide bonds. The van der Waals surface area contributed by atoms with Crippen molar-refractivity contribution in [3.63, 3.8) is 0 Å². The normalized spacial score (nSPS) is 40.0. The third-order valence-corrected chi connectivity index (χ3v) is 9.73. The summed E-state index contributed by atoms with van der Waals surface area (Å²) >= 11 is 0. The number of halogens is 6. The molecule has 198 valence electrons. The molecule has 0 aromatic carbocycles. The molecule has 8 atom stereocenters. The number of esters is 2. The quantitative estimate of drug-likeness (QED) is 0.246. The van der Waals surface area contributed by atoms with Crippen LogP contribution in [0.15, 0.2) is 11.6 Å². The molecule has 0 saturated heterocycles. The average molecular weight is 511 g/mol. The summed E-state index contributed by atoms with van der Waals surface area (Å²) in [5.74, 6) is -3.55. The standard InChI is InChI=1S/C25H32F6O4/c1-13(34-20(32)24(26,27)28)17-6-7-18-16-5-4-14-12-15(35-21(33)25(29,30)31)8-10-22(14,2)19(16)9-11-23(17,18)3/h4,13,15-19H,5-12H2,1-3H3/t13-,15-,16?,17+,18?,19?,22-,23+/m0/s1. The van der Waals surface area contributed by atoms with Gasteiger partial charge >= 0.3 is 24.3 Å². The minimum absolute atomic E-state index is 0.157. The smallest absolute Gasteiger partial charge is 0.456 e. The van der Waals surface area contributed by atoms with Gasteiger partial charge in [-0.25, -0.2) is 9.59 Å². The van der Waals surface area contributed by atoms with E-state index in [1.807, 2.05) is 0 Å². The first-order chi connectivity index (χ1) is 16.1. The number of hydrogen-bond donors (Lipinski definition) is 0. The van der Waals surface area contributed by atoms with Crippen LogP contribution in [0.2, 0.25) is 0 Å². The second-order valence-electron chi connectivity index (χ2n) is 11.4. The predicted octanol–water partition coefficient (Wildman–Crippen LogP) is 6.53. The molecule has 0 aromatic rings. The van der Waals surface area contributed by atoms with E-state index in [9.17, 15) is 35.9 Å². The molecular weight excluding hydrogens is 478 g/mol. The minimum Gasteiger partial charge on any atom is -0.456 e. The third kappa shape index (κ3) is 4.59. The molecule has 0 aromatic heterocycles. The lowest BCUT2D eigenvalue weighted by Crippen LogP contribution is -2.51. The Morgan fingerprint density at radius 2 is 1.60 bits per heavy atom. The van der Waals surface area contributed by atoms with Gasteiger partial charge in [-0.1, -0.05) is 25.5 Å². The van der Waals surface area contributed by atoms with Gasteiger partial charge in [-0.05, 0) is 80.5 Å². The van der Waals surface area contributed by atoms with Crippen molar-refractivity contribution < 1.29 is 45.4 Å². The van der Waals surface area contributed by atoms with Gasteiger partial charge in [0.25, 0.3) is 0 Å². The van der Waals surface area contributed by atoms with Crippen LogP contribution in [0.25, 0.3) is 0 Å². The van der Waals surface area contributed by atoms with E-state index in [-0.39, 0.29) is 22.7 Å². The molecule has 4 rings (SSSR count). The highest BCUT2D eigenvalue weighted by Crippen LogP contribution is 2.66. The van der Waals surface area contributed by atoms with Crippen LogP contribution in [-0.2, 0) is 19.1 Å². The maximum Gasteiger partial charge on any atom is 0.490 e. The van der Waals surface area contributed by atoms with Crippen LogP contribution >= 0.6 is 0 Å². The largest absolute Gasteiger partial charge is 0.490 e. The van der Waals surface area contributed by atoms with Gasteiger partial charge < -0.3 is 9.47 Å². The summed E-state index contributed by atoms with van der Waals surface area (Å²) in [7, 11) is 0. The monoisotopic (exact) mass is 510 g/mol. The zero-order valence-electron chi connectivity index (χ0n) is 20.1. The van der Waals surface area contributed by atoms with Crippen LogP contribution < -0.4 is 0 Å². The molecule has 0 heterocycles. The van der Waals surface area contributed by atoms with Crippen molar-refractivity contribution in [3.8, 4) is 0 Å². The molecule has 4 aliphatic rings. The highest BCUT2D eigenvalue weighted by molar-refractivity contribution is 5.76. The Morgan fingerprint density at radius 3 is 2.23 bits per heavy atom. The molecule has 0 radical (unpaired) electrons. The van der Waals surface area contributed by atoms with Gasteiger partial charge in [-0.15, -0.1) is 0 Å². The van der Waals surface area contributed by atoms with E-state index in [0.717, 1.165) is 31.3 Å². The fraction of sp³-hybridized carbons (Fsp3) is 0.840. The van der Waals surface area contributed by atoms with E-state index < -0.39 is 36.5 Å². The van der Waals surface area contributed by atoms with Crippen LogP contribution in [0.1, 0.15) is 72.1 Å². The Balaban J connectivity index is 1.48. The lowest BCUT2D eigenvalue weighted by atomic mass is 9.47. The molecule has 0 N–H and O–H groups in total. The van der Waals surface area contributed by atoms with Crippen LogP contribution in [-0.4, -0.2) is 36.5 Å². The number of hydrogen-bond acceptors (Lipinski definition) is 4. The van der Waals surface area contributed by atoms with Crippen LogP contribution in [0.4, 0.5) is 26.3 Å². The number of carbonyl (C=O) groups excluding carboxylic acids is 2. The van der Waals surface area contributed by atoms with Crippen molar-refractivity contribution in [1.82, 2.24) is 0 Å². The Kier molecular flexibility index (Phi) is 6.53. The van der Waals surface area contributed by atoms with Crippen molar-refractivity contribution in [2.75, 3.05) is 0 Å². The van der Waals surface area contributed by atoms with Crippen molar-refractivity contribution >= 4 is 11.9 Å². The molecular formula is C25H32F6O4. The van der Waals surface area contributed by atoms with Gasteiger partial charge in [0.05, 0.1) is 0 Å². The minimum atomic E-state index is -5.02. The number of alkyl halides is 6. The first-order valence-electron chi connectivity index (χ1n) is 12.3. The predicted molar refractivity (Wildman–Crippen MR) is 113 cm³/mol. The van der Waals surface area contributed by atoms with Crippen LogP contribution in [0, 0.1) is 34.5 Å². The maximum atomic E-state index is 12.7. The van der Waals surface area contributed by atoms with Gasteiger partial charge in [-0.3, -0.25) is 0 Å². The summed E-state index contributed by atoms with van der Waals surface area (Å²) in [6.45, 7) is 5.82. The summed E-state index contributed by atoms with van der Waals surface area (Å²) in [6.07, 6.45) is -4.30. The zero-order valence-corrected chi connectivity index (χ0v) is 20.1. The SMILES string of the molecule is C[C@H](OC(=O)C(F)(F)F)[C@H]1CCC2C3CC=C4C[C@@H](OC(=O)C(F)(F)F)CC[C@]4(C)C3CC[C@@]21C. The molecule has 4 nitrogen and oxygen atoms in total. The highest BCUT2D eigenvalue weighted by atomic mass is 19.4. The number of carbonyl (C=O) groups is 2. The number of rotatable bonds is 3. The van der Waals surface area contributed by atoms with Gasteiger partial charge in [0, 0.05) is 12.3 Å². The molecule has 3 unspecified atom stereocenters. The molecule has 35 heavy (non-hydrogen) atoms. The summed E-state index contributed by atoms with van der Waals surface area (Å²) in [6, 6.07) is 0. The Hall–Kier alpha value is -1.74. The maximum absolute atomic E-state index is 12.7. The summed E-state index contributed by atoms with van der Waals surface area (Å²) < 4.78 is 85.7. The van der Waals surface area contributed by atoms with Crippen LogP contribution in [0.3, 0.4) is 0 Å². The van der Waals surface area contributed by atoms with Crippen molar-refractivity contribution in [2.45, 2.75) is 96.7 Å². The second-order valence-corrected chi connectivity index (χ2v) is 11.4. The Labute approximate surface area is 200 Å². The third-order valence-electron chi connectivity index (χ3n) is 9.73. The van der Waals surface area contributed by atoms with E-state index in [1.54, 1.807) is 6.92 Å². The summed E-state index contributed by atoms with van der Waals surface area (Å²) in [5.41, 5.74) is 0.612. The fourth-order valence-electron chi connectivity index (χ4n) is 8.08. The number of ether oxygens (including phenoxy) is 2. The number of allylic oxidation sites excluding steroid dienone is 1. The van der Waals surface area contributed by atoms with E-state index in [0.29, 0.717) is 37.5 Å². The molecule has 0 aliphatic heterocycles. The Morgan fingerprint density at radius 1 is 0.943 bits per heavy atom. The highest BCUT2D eigenvalue weighted by Gasteiger charge is 2.60.